The SMILES string of the molecule is O=C1C(n2nc3ccccc3n2)CCC[C@H]1CNc1ccccc1. The maximum Gasteiger partial charge on any atom is 0.164 e. The van der Waals surface area contributed by atoms with E-state index in [9.17, 15) is 4.79 Å². The number of carbonyl (C=O) groups excluding carboxylic acids is 1. The zero-order valence-electron chi connectivity index (χ0n) is 13.4. The van der Waals surface area contributed by atoms with Crippen molar-refractivity contribution in [2.75, 3.05) is 11.9 Å². The van der Waals surface area contributed by atoms with Crippen LogP contribution in [-0.2, 0) is 4.79 Å². The van der Waals surface area contributed by atoms with Gasteiger partial charge in [-0.2, -0.15) is 15.0 Å². The van der Waals surface area contributed by atoms with Crippen LogP contribution in [0.2, 0.25) is 0 Å². The lowest BCUT2D eigenvalue weighted by Gasteiger charge is -2.27. The van der Waals surface area contributed by atoms with E-state index < -0.39 is 0 Å². The number of fused-ring (bicyclic) bond motifs is 1. The van der Waals surface area contributed by atoms with Crippen LogP contribution >= 0.6 is 0 Å². The average molecular weight is 320 g/mol. The summed E-state index contributed by atoms with van der Waals surface area (Å²) in [5.74, 6) is 0.253. The Kier molecular flexibility index (Phi) is 3.99. The van der Waals surface area contributed by atoms with Gasteiger partial charge < -0.3 is 5.32 Å². The van der Waals surface area contributed by atoms with Crippen molar-refractivity contribution in [3.05, 3.63) is 54.6 Å². The summed E-state index contributed by atoms with van der Waals surface area (Å²) in [6.45, 7) is 0.667. The standard InChI is InChI=1S/C19H20N4O/c24-19-14(13-20-15-8-2-1-3-9-15)7-6-12-18(19)23-21-16-10-4-5-11-17(16)22-23/h1-5,8-11,14,18,20H,6-7,12-13H2/t14-,18?/m0/s1. The molecule has 1 aliphatic rings. The maximum absolute atomic E-state index is 12.9. The van der Waals surface area contributed by atoms with Crippen LogP contribution in [0.3, 0.4) is 0 Å². The predicted octanol–water partition coefficient (Wildman–Crippen LogP) is 3.45. The first-order chi connectivity index (χ1) is 11.8. The number of hydrogen-bond acceptors (Lipinski definition) is 4. The Morgan fingerprint density at radius 2 is 1.62 bits per heavy atom. The first-order valence-electron chi connectivity index (χ1n) is 8.45. The van der Waals surface area contributed by atoms with E-state index in [2.05, 4.69) is 15.5 Å². The van der Waals surface area contributed by atoms with Gasteiger partial charge in [0, 0.05) is 18.2 Å². The number of nitrogens with zero attached hydrogens (tertiary/aromatic N) is 3. The number of carbonyl (C=O) groups is 1. The van der Waals surface area contributed by atoms with Crippen LogP contribution in [0.5, 0.6) is 0 Å². The Balaban J connectivity index is 1.49. The van der Waals surface area contributed by atoms with E-state index in [-0.39, 0.29) is 17.7 Å². The van der Waals surface area contributed by atoms with Gasteiger partial charge in [-0.15, -0.1) is 0 Å². The molecule has 1 heterocycles. The van der Waals surface area contributed by atoms with Crippen molar-refractivity contribution < 1.29 is 4.79 Å². The van der Waals surface area contributed by atoms with Crippen molar-refractivity contribution in [1.82, 2.24) is 15.0 Å². The van der Waals surface area contributed by atoms with E-state index >= 15 is 0 Å². The largest absolute Gasteiger partial charge is 0.384 e. The number of rotatable bonds is 4. The lowest BCUT2D eigenvalue weighted by molar-refractivity contribution is -0.128. The third kappa shape index (κ3) is 2.89. The molecule has 1 saturated carbocycles. The Morgan fingerprint density at radius 3 is 2.33 bits per heavy atom. The van der Waals surface area contributed by atoms with Crippen LogP contribution < -0.4 is 5.32 Å². The highest BCUT2D eigenvalue weighted by atomic mass is 16.1. The van der Waals surface area contributed by atoms with Crippen molar-refractivity contribution in [1.29, 1.82) is 0 Å². The number of nitrogens with one attached hydrogen (secondary N) is 1. The van der Waals surface area contributed by atoms with E-state index in [4.69, 9.17) is 0 Å². The number of ketones is 1. The van der Waals surface area contributed by atoms with Gasteiger partial charge in [-0.1, -0.05) is 30.3 Å². The summed E-state index contributed by atoms with van der Waals surface area (Å²) in [4.78, 5) is 14.5. The number of hydrogen-bond donors (Lipinski definition) is 1. The number of benzene rings is 2. The van der Waals surface area contributed by atoms with Crippen LogP contribution in [0.4, 0.5) is 5.69 Å². The van der Waals surface area contributed by atoms with E-state index in [0.29, 0.717) is 6.54 Å². The van der Waals surface area contributed by atoms with Gasteiger partial charge in [-0.25, -0.2) is 0 Å². The Labute approximate surface area is 140 Å². The van der Waals surface area contributed by atoms with Crippen molar-refractivity contribution in [2.45, 2.75) is 25.3 Å². The quantitative estimate of drug-likeness (QED) is 0.800. The van der Waals surface area contributed by atoms with Crippen LogP contribution in [-0.4, -0.2) is 27.3 Å². The molecule has 4 rings (SSSR count). The summed E-state index contributed by atoms with van der Waals surface area (Å²) >= 11 is 0. The minimum atomic E-state index is -0.242. The highest BCUT2D eigenvalue weighted by Crippen LogP contribution is 2.29. The molecular weight excluding hydrogens is 300 g/mol. The van der Waals surface area contributed by atoms with Gasteiger partial charge >= 0.3 is 0 Å². The van der Waals surface area contributed by atoms with Crippen LogP contribution in [0, 0.1) is 5.92 Å². The Morgan fingerprint density at radius 1 is 0.958 bits per heavy atom. The molecule has 0 amide bonds. The molecule has 1 aromatic heterocycles. The van der Waals surface area contributed by atoms with Gasteiger partial charge in [0.25, 0.3) is 0 Å². The monoisotopic (exact) mass is 320 g/mol. The number of aromatic nitrogens is 3. The molecule has 1 fully saturated rings. The maximum atomic E-state index is 12.9. The molecule has 122 valence electrons. The summed E-state index contributed by atoms with van der Waals surface area (Å²) < 4.78 is 0. The molecule has 3 aromatic rings. The number of Topliss-reactive ketones (excluding diaryl/α,β-unsaturated/α-hetero) is 1. The topological polar surface area (TPSA) is 59.8 Å². The molecule has 0 spiro atoms. The van der Waals surface area contributed by atoms with Crippen molar-refractivity contribution in [3.63, 3.8) is 0 Å². The Bertz CT molecular complexity index is 810. The fraction of sp³-hybridized carbons (Fsp3) is 0.316. The first-order valence-corrected chi connectivity index (χ1v) is 8.45. The van der Waals surface area contributed by atoms with Gasteiger partial charge in [0.2, 0.25) is 0 Å². The van der Waals surface area contributed by atoms with Crippen molar-refractivity contribution >= 4 is 22.5 Å². The normalized spacial score (nSPS) is 21.1. The second-order valence-electron chi connectivity index (χ2n) is 6.30. The van der Waals surface area contributed by atoms with Crippen LogP contribution in [0.25, 0.3) is 11.0 Å². The fourth-order valence-electron chi connectivity index (χ4n) is 3.36. The molecule has 1 aliphatic carbocycles. The van der Waals surface area contributed by atoms with Gasteiger partial charge in [0.05, 0.1) is 0 Å². The first kappa shape index (κ1) is 14.9. The Hall–Kier alpha value is -2.69. The molecule has 5 heteroatoms. The van der Waals surface area contributed by atoms with Gasteiger partial charge in [-0.05, 0) is 43.5 Å². The van der Waals surface area contributed by atoms with Crippen molar-refractivity contribution in [2.24, 2.45) is 5.92 Å². The van der Waals surface area contributed by atoms with Crippen LogP contribution in [0.1, 0.15) is 25.3 Å². The van der Waals surface area contributed by atoms with E-state index in [0.717, 1.165) is 36.0 Å². The molecule has 0 aliphatic heterocycles. The van der Waals surface area contributed by atoms with E-state index in [1.807, 2.05) is 54.6 Å². The average Bonchev–Trinajstić information content (AvgIpc) is 3.05. The second-order valence-corrected chi connectivity index (χ2v) is 6.30. The van der Waals surface area contributed by atoms with Crippen LogP contribution in [0.15, 0.2) is 54.6 Å². The van der Waals surface area contributed by atoms with Gasteiger partial charge in [-0.3, -0.25) is 4.79 Å². The highest BCUT2D eigenvalue weighted by molar-refractivity contribution is 5.86. The molecule has 0 radical (unpaired) electrons. The zero-order valence-corrected chi connectivity index (χ0v) is 13.4. The van der Waals surface area contributed by atoms with Crippen molar-refractivity contribution in [3.8, 4) is 0 Å². The molecule has 1 N–H and O–H groups in total. The minimum Gasteiger partial charge on any atom is -0.384 e. The highest BCUT2D eigenvalue weighted by Gasteiger charge is 2.33. The summed E-state index contributed by atoms with van der Waals surface area (Å²) in [6.07, 6.45) is 2.77. The van der Waals surface area contributed by atoms with E-state index in [1.54, 1.807) is 4.80 Å². The number of para-hydroxylation sites is 1. The summed E-state index contributed by atoms with van der Waals surface area (Å²) in [5.41, 5.74) is 2.74. The van der Waals surface area contributed by atoms with E-state index in [1.165, 1.54) is 0 Å². The molecule has 0 bridgehead atoms. The summed E-state index contributed by atoms with van der Waals surface area (Å²) in [7, 11) is 0. The molecule has 2 atom stereocenters. The predicted molar refractivity (Wildman–Crippen MR) is 93.8 cm³/mol. The molecule has 5 nitrogen and oxygen atoms in total. The third-order valence-electron chi connectivity index (χ3n) is 4.67. The fourth-order valence-corrected chi connectivity index (χ4v) is 3.36. The lowest BCUT2D eigenvalue weighted by atomic mass is 9.84. The molecule has 2 aromatic carbocycles. The summed E-state index contributed by atoms with van der Waals surface area (Å²) in [6, 6.07) is 17.5. The lowest BCUT2D eigenvalue weighted by Crippen LogP contribution is -2.35. The molecule has 24 heavy (non-hydrogen) atoms. The molecule has 1 unspecified atom stereocenters. The minimum absolute atomic E-state index is 0.0121. The smallest absolute Gasteiger partial charge is 0.164 e. The molecule has 0 saturated heterocycles. The second kappa shape index (κ2) is 6.43. The number of anilines is 1. The summed E-state index contributed by atoms with van der Waals surface area (Å²) in [5, 5.41) is 12.4. The molecular formula is C19H20N4O. The van der Waals surface area contributed by atoms with Gasteiger partial charge in [0.1, 0.15) is 17.1 Å². The zero-order chi connectivity index (χ0) is 16.4. The van der Waals surface area contributed by atoms with Gasteiger partial charge in [0.15, 0.2) is 5.78 Å². The third-order valence-corrected chi connectivity index (χ3v) is 4.67.